The maximum atomic E-state index is 13.0. The Bertz CT molecular complexity index is 964. The van der Waals surface area contributed by atoms with Gasteiger partial charge in [-0.25, -0.2) is 9.18 Å². The molecule has 1 saturated heterocycles. The maximum Gasteiger partial charge on any atom is 0.331 e. The standard InChI is InChI=1S/C23H24FN3O3/c1-3-26(4-2)19-11-7-17(8-12-19)15-20-21(28)25-23(30)27(22(20)29)14-13-16-5-9-18(24)10-6-16/h5-12,15H,3-4,13-14H2,1-2H3,(H,25,28,30)/b20-15+. The Kier molecular flexibility index (Phi) is 6.61. The molecule has 0 bridgehead atoms. The third-order valence-corrected chi connectivity index (χ3v) is 5.06. The number of benzene rings is 2. The van der Waals surface area contributed by atoms with E-state index in [4.69, 9.17) is 0 Å². The summed E-state index contributed by atoms with van der Waals surface area (Å²) in [6.45, 7) is 5.98. The number of amides is 4. The quantitative estimate of drug-likeness (QED) is 0.562. The van der Waals surface area contributed by atoms with Gasteiger partial charge in [0.05, 0.1) is 0 Å². The highest BCUT2D eigenvalue weighted by atomic mass is 19.1. The van der Waals surface area contributed by atoms with Crippen LogP contribution in [-0.2, 0) is 16.0 Å². The van der Waals surface area contributed by atoms with Crippen LogP contribution < -0.4 is 10.2 Å². The molecule has 4 amide bonds. The highest BCUT2D eigenvalue weighted by Crippen LogP contribution is 2.19. The summed E-state index contributed by atoms with van der Waals surface area (Å²) < 4.78 is 13.0. The third kappa shape index (κ3) is 4.74. The first-order chi connectivity index (χ1) is 14.4. The minimum atomic E-state index is -0.749. The molecule has 1 aliphatic heterocycles. The number of imide groups is 2. The van der Waals surface area contributed by atoms with Gasteiger partial charge in [0, 0.05) is 25.3 Å². The van der Waals surface area contributed by atoms with E-state index in [2.05, 4.69) is 24.1 Å². The van der Waals surface area contributed by atoms with E-state index in [1.54, 1.807) is 12.1 Å². The number of rotatable bonds is 7. The average molecular weight is 409 g/mol. The van der Waals surface area contributed by atoms with Crippen LogP contribution in [-0.4, -0.2) is 42.4 Å². The third-order valence-electron chi connectivity index (χ3n) is 5.06. The molecule has 7 heteroatoms. The second-order valence-corrected chi connectivity index (χ2v) is 6.91. The van der Waals surface area contributed by atoms with Gasteiger partial charge in [0.15, 0.2) is 0 Å². The van der Waals surface area contributed by atoms with Crippen LogP contribution in [0.4, 0.5) is 14.9 Å². The number of carbonyl (C=O) groups is 3. The summed E-state index contributed by atoms with van der Waals surface area (Å²) in [5, 5.41) is 2.21. The molecule has 0 atom stereocenters. The summed E-state index contributed by atoms with van der Waals surface area (Å²) in [4.78, 5) is 40.4. The number of hydrogen-bond donors (Lipinski definition) is 1. The van der Waals surface area contributed by atoms with Crippen LogP contribution in [0.25, 0.3) is 6.08 Å². The Balaban J connectivity index is 1.76. The number of hydrogen-bond acceptors (Lipinski definition) is 4. The average Bonchev–Trinajstić information content (AvgIpc) is 2.74. The van der Waals surface area contributed by atoms with E-state index in [9.17, 15) is 18.8 Å². The van der Waals surface area contributed by atoms with Gasteiger partial charge in [-0.05, 0) is 61.7 Å². The summed E-state index contributed by atoms with van der Waals surface area (Å²) in [6, 6.07) is 12.6. The van der Waals surface area contributed by atoms with Crippen LogP contribution in [0.1, 0.15) is 25.0 Å². The van der Waals surface area contributed by atoms with E-state index < -0.39 is 17.8 Å². The first kappa shape index (κ1) is 21.2. The molecule has 1 N–H and O–H groups in total. The smallest absolute Gasteiger partial charge is 0.331 e. The largest absolute Gasteiger partial charge is 0.372 e. The first-order valence-electron chi connectivity index (χ1n) is 9.91. The van der Waals surface area contributed by atoms with Gasteiger partial charge < -0.3 is 4.90 Å². The zero-order chi connectivity index (χ0) is 21.7. The summed E-state index contributed by atoms with van der Waals surface area (Å²) >= 11 is 0. The minimum Gasteiger partial charge on any atom is -0.372 e. The van der Waals surface area contributed by atoms with E-state index in [0.29, 0.717) is 12.0 Å². The van der Waals surface area contributed by atoms with E-state index in [1.165, 1.54) is 18.2 Å². The van der Waals surface area contributed by atoms with Crippen molar-refractivity contribution in [2.24, 2.45) is 0 Å². The van der Waals surface area contributed by atoms with Crippen LogP contribution in [0.2, 0.25) is 0 Å². The van der Waals surface area contributed by atoms with Crippen molar-refractivity contribution >= 4 is 29.6 Å². The number of halogens is 1. The Morgan fingerprint density at radius 2 is 1.60 bits per heavy atom. The van der Waals surface area contributed by atoms with E-state index in [-0.39, 0.29) is 17.9 Å². The molecule has 0 radical (unpaired) electrons. The molecule has 0 unspecified atom stereocenters. The summed E-state index contributed by atoms with van der Waals surface area (Å²) in [5.41, 5.74) is 2.44. The van der Waals surface area contributed by atoms with Crippen molar-refractivity contribution in [3.63, 3.8) is 0 Å². The first-order valence-corrected chi connectivity index (χ1v) is 9.91. The van der Waals surface area contributed by atoms with Crippen molar-refractivity contribution in [2.45, 2.75) is 20.3 Å². The van der Waals surface area contributed by atoms with Crippen molar-refractivity contribution in [1.82, 2.24) is 10.2 Å². The number of nitrogens with one attached hydrogen (secondary N) is 1. The van der Waals surface area contributed by atoms with Gasteiger partial charge in [0.25, 0.3) is 11.8 Å². The van der Waals surface area contributed by atoms with Crippen LogP contribution >= 0.6 is 0 Å². The molecular formula is C23H24FN3O3. The maximum absolute atomic E-state index is 13.0. The fraction of sp³-hybridized carbons (Fsp3) is 0.261. The Morgan fingerprint density at radius 1 is 0.967 bits per heavy atom. The molecule has 0 spiro atoms. The molecular weight excluding hydrogens is 385 g/mol. The van der Waals surface area contributed by atoms with Gasteiger partial charge in [-0.3, -0.25) is 19.8 Å². The van der Waals surface area contributed by atoms with E-state index in [0.717, 1.165) is 29.2 Å². The lowest BCUT2D eigenvalue weighted by molar-refractivity contribution is -0.130. The summed E-state index contributed by atoms with van der Waals surface area (Å²) in [7, 11) is 0. The number of anilines is 1. The predicted octanol–water partition coefficient (Wildman–Crippen LogP) is 3.38. The number of carbonyl (C=O) groups excluding carboxylic acids is 3. The zero-order valence-electron chi connectivity index (χ0n) is 17.0. The topological polar surface area (TPSA) is 69.7 Å². The second kappa shape index (κ2) is 9.35. The molecule has 2 aromatic carbocycles. The number of nitrogens with zero attached hydrogens (tertiary/aromatic N) is 2. The van der Waals surface area contributed by atoms with E-state index >= 15 is 0 Å². The molecule has 30 heavy (non-hydrogen) atoms. The van der Waals surface area contributed by atoms with Crippen molar-refractivity contribution in [1.29, 1.82) is 0 Å². The van der Waals surface area contributed by atoms with Crippen molar-refractivity contribution in [3.8, 4) is 0 Å². The van der Waals surface area contributed by atoms with Crippen molar-refractivity contribution < 1.29 is 18.8 Å². The van der Waals surface area contributed by atoms with Crippen molar-refractivity contribution in [3.05, 3.63) is 71.0 Å². The van der Waals surface area contributed by atoms with Crippen LogP contribution in [0, 0.1) is 5.82 Å². The zero-order valence-corrected chi connectivity index (χ0v) is 17.0. The lowest BCUT2D eigenvalue weighted by Gasteiger charge is -2.26. The Hall–Kier alpha value is -3.48. The minimum absolute atomic E-state index is 0.0851. The van der Waals surface area contributed by atoms with Gasteiger partial charge in [0.2, 0.25) is 0 Å². The lowest BCUT2D eigenvalue weighted by Crippen LogP contribution is -2.54. The van der Waals surface area contributed by atoms with Gasteiger partial charge in [0.1, 0.15) is 11.4 Å². The SMILES string of the molecule is CCN(CC)c1ccc(/C=C2\C(=O)NC(=O)N(CCc3ccc(F)cc3)C2=O)cc1. The molecule has 0 aliphatic carbocycles. The second-order valence-electron chi connectivity index (χ2n) is 6.91. The monoisotopic (exact) mass is 409 g/mol. The molecule has 2 aromatic rings. The fourth-order valence-corrected chi connectivity index (χ4v) is 3.33. The van der Waals surface area contributed by atoms with Gasteiger partial charge in [-0.2, -0.15) is 0 Å². The normalized spacial score (nSPS) is 15.5. The van der Waals surface area contributed by atoms with Gasteiger partial charge in [-0.1, -0.05) is 24.3 Å². The van der Waals surface area contributed by atoms with Crippen LogP contribution in [0.5, 0.6) is 0 Å². The molecule has 0 saturated carbocycles. The highest BCUT2D eigenvalue weighted by Gasteiger charge is 2.35. The number of urea groups is 1. The van der Waals surface area contributed by atoms with E-state index in [1.807, 2.05) is 24.3 Å². The van der Waals surface area contributed by atoms with Gasteiger partial charge in [-0.15, -0.1) is 0 Å². The highest BCUT2D eigenvalue weighted by molar-refractivity contribution is 6.31. The Morgan fingerprint density at radius 3 is 2.20 bits per heavy atom. The summed E-state index contributed by atoms with van der Waals surface area (Å²) in [5.74, 6) is -1.71. The van der Waals surface area contributed by atoms with Gasteiger partial charge >= 0.3 is 6.03 Å². The molecule has 1 heterocycles. The lowest BCUT2D eigenvalue weighted by atomic mass is 10.1. The molecule has 1 fully saturated rings. The fourth-order valence-electron chi connectivity index (χ4n) is 3.33. The van der Waals surface area contributed by atoms with Crippen molar-refractivity contribution in [2.75, 3.05) is 24.5 Å². The van der Waals surface area contributed by atoms with Crippen LogP contribution in [0.3, 0.4) is 0 Å². The Labute approximate surface area is 175 Å². The number of barbiturate groups is 1. The molecule has 156 valence electrons. The predicted molar refractivity (Wildman–Crippen MR) is 113 cm³/mol. The molecule has 3 rings (SSSR count). The molecule has 0 aromatic heterocycles. The summed E-state index contributed by atoms with van der Waals surface area (Å²) in [6.07, 6.45) is 1.85. The molecule has 6 nitrogen and oxygen atoms in total. The van der Waals surface area contributed by atoms with Crippen LogP contribution in [0.15, 0.2) is 54.1 Å². The molecule has 1 aliphatic rings.